The number of carbonyl (C=O) groups excluding carboxylic acids is 1. The van der Waals surface area contributed by atoms with Crippen LogP contribution in [0.1, 0.15) is 28.4 Å². The minimum atomic E-state index is -0.290. The van der Waals surface area contributed by atoms with Crippen molar-refractivity contribution < 1.29 is 9.53 Å². The van der Waals surface area contributed by atoms with Crippen molar-refractivity contribution >= 4 is 11.7 Å². The van der Waals surface area contributed by atoms with E-state index in [4.69, 9.17) is 4.74 Å². The molecule has 0 radical (unpaired) electrons. The Morgan fingerprint density at radius 2 is 1.90 bits per heavy atom. The first-order valence-electron chi connectivity index (χ1n) is 7.21. The van der Waals surface area contributed by atoms with Crippen LogP contribution in [0.15, 0.2) is 48.5 Å². The van der Waals surface area contributed by atoms with E-state index in [-0.39, 0.29) is 5.97 Å². The van der Waals surface area contributed by atoms with Gasteiger partial charge in [0, 0.05) is 18.3 Å². The summed E-state index contributed by atoms with van der Waals surface area (Å²) in [5.41, 5.74) is 4.53. The Morgan fingerprint density at radius 3 is 2.62 bits per heavy atom. The van der Waals surface area contributed by atoms with Gasteiger partial charge < -0.3 is 9.64 Å². The van der Waals surface area contributed by atoms with Gasteiger partial charge >= 0.3 is 5.97 Å². The number of para-hydroxylation sites is 1. The summed E-state index contributed by atoms with van der Waals surface area (Å²) in [6, 6.07) is 16.7. The lowest BCUT2D eigenvalue weighted by Crippen LogP contribution is -2.28. The number of benzene rings is 2. The number of esters is 1. The Kier molecular flexibility index (Phi) is 3.65. The fraction of sp³-hybridized carbons (Fsp3) is 0.278. The second-order valence-electron chi connectivity index (χ2n) is 5.50. The van der Waals surface area contributed by atoms with Crippen LogP contribution >= 0.6 is 0 Å². The smallest absolute Gasteiger partial charge is 0.337 e. The van der Waals surface area contributed by atoms with Crippen LogP contribution in [0.3, 0.4) is 0 Å². The second-order valence-corrected chi connectivity index (χ2v) is 5.50. The van der Waals surface area contributed by atoms with E-state index < -0.39 is 0 Å². The van der Waals surface area contributed by atoms with Crippen LogP contribution in [0.4, 0.5) is 5.69 Å². The van der Waals surface area contributed by atoms with Crippen LogP contribution in [0.25, 0.3) is 0 Å². The van der Waals surface area contributed by atoms with Crippen LogP contribution in [0, 0.1) is 0 Å². The first-order valence-corrected chi connectivity index (χ1v) is 7.21. The van der Waals surface area contributed by atoms with Crippen LogP contribution in [-0.2, 0) is 17.7 Å². The zero-order valence-corrected chi connectivity index (χ0v) is 12.4. The van der Waals surface area contributed by atoms with Gasteiger partial charge in [0.1, 0.15) is 0 Å². The standard InChI is InChI=1S/C18H19NO2/c1-13-11-16-5-3-4-6-17(16)19(13)12-14-7-9-15(10-8-14)18(20)21-2/h3-10,13H,11-12H2,1-2H3. The van der Waals surface area contributed by atoms with E-state index in [9.17, 15) is 4.79 Å². The zero-order valence-electron chi connectivity index (χ0n) is 12.4. The van der Waals surface area contributed by atoms with Crippen molar-refractivity contribution in [1.29, 1.82) is 0 Å². The molecule has 1 atom stereocenters. The van der Waals surface area contributed by atoms with Crippen LogP contribution in [0.5, 0.6) is 0 Å². The molecule has 0 aliphatic carbocycles. The predicted molar refractivity (Wildman–Crippen MR) is 83.6 cm³/mol. The summed E-state index contributed by atoms with van der Waals surface area (Å²) in [5, 5.41) is 0. The number of fused-ring (bicyclic) bond motifs is 1. The molecule has 0 spiro atoms. The summed E-state index contributed by atoms with van der Waals surface area (Å²) in [6.45, 7) is 3.11. The van der Waals surface area contributed by atoms with Crippen LogP contribution in [-0.4, -0.2) is 19.1 Å². The summed E-state index contributed by atoms with van der Waals surface area (Å²) in [4.78, 5) is 13.9. The molecule has 1 heterocycles. The van der Waals surface area contributed by atoms with Crippen LogP contribution in [0.2, 0.25) is 0 Å². The largest absolute Gasteiger partial charge is 0.465 e. The Balaban J connectivity index is 1.79. The molecule has 1 unspecified atom stereocenters. The summed E-state index contributed by atoms with van der Waals surface area (Å²) < 4.78 is 4.72. The number of anilines is 1. The topological polar surface area (TPSA) is 29.5 Å². The van der Waals surface area contributed by atoms with Crippen LogP contribution < -0.4 is 4.90 Å². The van der Waals surface area contributed by atoms with Gasteiger partial charge in [-0.2, -0.15) is 0 Å². The van der Waals surface area contributed by atoms with E-state index in [0.717, 1.165) is 13.0 Å². The highest BCUT2D eigenvalue weighted by atomic mass is 16.5. The van der Waals surface area contributed by atoms with Crippen molar-refractivity contribution in [2.24, 2.45) is 0 Å². The fourth-order valence-corrected chi connectivity index (χ4v) is 2.93. The Morgan fingerprint density at radius 1 is 1.19 bits per heavy atom. The van der Waals surface area contributed by atoms with Crippen molar-refractivity contribution in [2.45, 2.75) is 25.9 Å². The minimum absolute atomic E-state index is 0.290. The third-order valence-electron chi connectivity index (χ3n) is 4.08. The molecule has 3 rings (SSSR count). The molecule has 21 heavy (non-hydrogen) atoms. The predicted octanol–water partition coefficient (Wildman–Crippen LogP) is 3.42. The molecule has 3 nitrogen and oxygen atoms in total. The lowest BCUT2D eigenvalue weighted by Gasteiger charge is -2.25. The molecular weight excluding hydrogens is 262 g/mol. The number of nitrogens with zero attached hydrogens (tertiary/aromatic N) is 1. The third-order valence-corrected chi connectivity index (χ3v) is 4.08. The lowest BCUT2D eigenvalue weighted by molar-refractivity contribution is 0.0600. The van der Waals surface area contributed by atoms with Gasteiger partial charge in [0.25, 0.3) is 0 Å². The summed E-state index contributed by atoms with van der Waals surface area (Å²) in [7, 11) is 1.40. The highest BCUT2D eigenvalue weighted by Crippen LogP contribution is 2.32. The summed E-state index contributed by atoms with van der Waals surface area (Å²) >= 11 is 0. The number of hydrogen-bond donors (Lipinski definition) is 0. The molecule has 0 amide bonds. The Bertz CT molecular complexity index is 649. The van der Waals surface area contributed by atoms with E-state index >= 15 is 0 Å². The maximum atomic E-state index is 11.5. The maximum absolute atomic E-state index is 11.5. The monoisotopic (exact) mass is 281 g/mol. The molecule has 108 valence electrons. The minimum Gasteiger partial charge on any atom is -0.465 e. The zero-order chi connectivity index (χ0) is 14.8. The molecule has 2 aromatic carbocycles. The first kappa shape index (κ1) is 13.7. The molecule has 1 aliphatic heterocycles. The van der Waals surface area contributed by atoms with Crippen molar-refractivity contribution in [3.8, 4) is 0 Å². The van der Waals surface area contributed by atoms with Gasteiger partial charge in [0.05, 0.1) is 12.7 Å². The second kappa shape index (κ2) is 5.60. The van der Waals surface area contributed by atoms with E-state index in [2.05, 4.69) is 36.1 Å². The number of ether oxygens (including phenoxy) is 1. The average molecular weight is 281 g/mol. The third kappa shape index (κ3) is 2.64. The van der Waals surface area contributed by atoms with E-state index in [1.807, 2.05) is 24.3 Å². The van der Waals surface area contributed by atoms with Crippen molar-refractivity contribution in [2.75, 3.05) is 12.0 Å². The highest BCUT2D eigenvalue weighted by Gasteiger charge is 2.25. The molecule has 2 aromatic rings. The van der Waals surface area contributed by atoms with Crippen molar-refractivity contribution in [3.05, 3.63) is 65.2 Å². The number of carbonyl (C=O) groups is 1. The SMILES string of the molecule is COC(=O)c1ccc(CN2c3ccccc3CC2C)cc1. The normalized spacial score (nSPS) is 16.7. The van der Waals surface area contributed by atoms with Gasteiger partial charge in [-0.15, -0.1) is 0 Å². The maximum Gasteiger partial charge on any atom is 0.337 e. The summed E-state index contributed by atoms with van der Waals surface area (Å²) in [5.74, 6) is -0.290. The molecule has 0 saturated heterocycles. The van der Waals surface area contributed by atoms with Gasteiger partial charge in [-0.3, -0.25) is 0 Å². The molecule has 0 N–H and O–H groups in total. The van der Waals surface area contributed by atoms with Crippen molar-refractivity contribution in [3.63, 3.8) is 0 Å². The highest BCUT2D eigenvalue weighted by molar-refractivity contribution is 5.89. The van der Waals surface area contributed by atoms with Crippen molar-refractivity contribution in [1.82, 2.24) is 0 Å². The fourth-order valence-electron chi connectivity index (χ4n) is 2.93. The molecule has 0 saturated carbocycles. The molecule has 3 heteroatoms. The number of hydrogen-bond acceptors (Lipinski definition) is 3. The van der Waals surface area contributed by atoms with E-state index in [1.165, 1.54) is 23.9 Å². The Labute approximate surface area is 125 Å². The molecule has 0 bridgehead atoms. The summed E-state index contributed by atoms with van der Waals surface area (Å²) in [6.07, 6.45) is 1.09. The van der Waals surface area contributed by atoms with E-state index in [1.54, 1.807) is 0 Å². The average Bonchev–Trinajstić information content (AvgIpc) is 2.83. The Hall–Kier alpha value is -2.29. The number of methoxy groups -OCH3 is 1. The number of rotatable bonds is 3. The van der Waals surface area contributed by atoms with Gasteiger partial charge in [-0.05, 0) is 42.7 Å². The molecule has 0 aromatic heterocycles. The molecule has 1 aliphatic rings. The van der Waals surface area contributed by atoms with Gasteiger partial charge in [-0.1, -0.05) is 30.3 Å². The first-order chi connectivity index (χ1) is 10.2. The van der Waals surface area contributed by atoms with Gasteiger partial charge in [0.15, 0.2) is 0 Å². The van der Waals surface area contributed by atoms with E-state index in [0.29, 0.717) is 11.6 Å². The quantitative estimate of drug-likeness (QED) is 0.807. The van der Waals surface area contributed by atoms with Gasteiger partial charge in [0.2, 0.25) is 0 Å². The van der Waals surface area contributed by atoms with Gasteiger partial charge in [-0.25, -0.2) is 4.79 Å². The molecule has 0 fully saturated rings. The lowest BCUT2D eigenvalue weighted by atomic mass is 10.1. The molecular formula is C18H19NO2.